The number of hydrogen-bond acceptors (Lipinski definition) is 7. The minimum absolute atomic E-state index is 0.0389. The van der Waals surface area contributed by atoms with Crippen LogP contribution in [0.15, 0.2) is 46.5 Å². The number of hydrogen-bond donors (Lipinski definition) is 2. The second-order valence-corrected chi connectivity index (χ2v) is 9.82. The molecule has 3 rings (SSSR count). The molecule has 0 saturated carbocycles. The number of urea groups is 1. The highest BCUT2D eigenvalue weighted by molar-refractivity contribution is 7.99. The van der Waals surface area contributed by atoms with Crippen LogP contribution in [0.25, 0.3) is 0 Å². The zero-order valence-corrected chi connectivity index (χ0v) is 18.9. The average Bonchev–Trinajstić information content (AvgIpc) is 2.76. The highest BCUT2D eigenvalue weighted by Crippen LogP contribution is 2.21. The van der Waals surface area contributed by atoms with Gasteiger partial charge in [0.2, 0.25) is 15.9 Å². The third kappa shape index (κ3) is 6.03. The van der Waals surface area contributed by atoms with Gasteiger partial charge in [0.05, 0.1) is 24.0 Å². The van der Waals surface area contributed by atoms with Crippen molar-refractivity contribution in [3.05, 3.63) is 47.7 Å². The number of nitrogens with zero attached hydrogens (tertiary/aromatic N) is 2. The van der Waals surface area contributed by atoms with Crippen LogP contribution < -0.4 is 10.6 Å². The summed E-state index contributed by atoms with van der Waals surface area (Å²) in [5.74, 6) is -0.525. The molecule has 3 amide bonds. The molecule has 1 saturated heterocycles. The van der Waals surface area contributed by atoms with Crippen LogP contribution >= 0.6 is 11.8 Å². The van der Waals surface area contributed by atoms with Crippen molar-refractivity contribution in [3.63, 3.8) is 0 Å². The largest absolute Gasteiger partial charge is 0.379 e. The average molecular weight is 465 g/mol. The first-order valence-electron chi connectivity index (χ1n) is 9.61. The summed E-state index contributed by atoms with van der Waals surface area (Å²) in [5, 5.41) is 5.41. The van der Waals surface area contributed by atoms with Gasteiger partial charge in [0, 0.05) is 25.0 Å². The molecule has 1 fully saturated rings. The molecule has 0 spiro atoms. The number of pyridine rings is 1. The summed E-state index contributed by atoms with van der Waals surface area (Å²) >= 11 is 1.11. The number of rotatable bonds is 6. The van der Waals surface area contributed by atoms with Crippen LogP contribution in [0.1, 0.15) is 11.1 Å². The summed E-state index contributed by atoms with van der Waals surface area (Å²) in [5.41, 5.74) is 2.59. The minimum atomic E-state index is -3.61. The number of carbonyl (C=O) groups excluding carboxylic acids is 2. The molecule has 1 aromatic heterocycles. The Morgan fingerprint density at radius 2 is 1.90 bits per heavy atom. The SMILES string of the molecule is Cc1cccc(NC(=O)NC(=O)CSc2ccc(S(=O)(=O)N3CCOCC3)cn2)c1C. The van der Waals surface area contributed by atoms with Gasteiger partial charge in [0.1, 0.15) is 4.90 Å². The molecular weight excluding hydrogens is 440 g/mol. The third-order valence-electron chi connectivity index (χ3n) is 4.77. The number of thioether (sulfide) groups is 1. The molecule has 9 nitrogen and oxygen atoms in total. The van der Waals surface area contributed by atoms with Gasteiger partial charge >= 0.3 is 6.03 Å². The number of benzene rings is 1. The Labute approximate surface area is 185 Å². The normalized spacial score (nSPS) is 14.8. The lowest BCUT2D eigenvalue weighted by molar-refractivity contribution is -0.117. The zero-order valence-electron chi connectivity index (χ0n) is 17.3. The van der Waals surface area contributed by atoms with Gasteiger partial charge in [-0.3, -0.25) is 10.1 Å². The Bertz CT molecular complexity index is 1050. The smallest absolute Gasteiger partial charge is 0.325 e. The van der Waals surface area contributed by atoms with Crippen LogP contribution in [-0.4, -0.2) is 61.7 Å². The Morgan fingerprint density at radius 3 is 2.58 bits per heavy atom. The molecule has 1 aliphatic rings. The first kappa shape index (κ1) is 23.2. The van der Waals surface area contributed by atoms with E-state index < -0.39 is 22.0 Å². The van der Waals surface area contributed by atoms with Crippen molar-refractivity contribution in [1.82, 2.24) is 14.6 Å². The molecule has 1 aromatic carbocycles. The molecule has 2 N–H and O–H groups in total. The molecule has 2 aromatic rings. The molecule has 2 heterocycles. The second kappa shape index (κ2) is 10.2. The quantitative estimate of drug-likeness (QED) is 0.629. The fourth-order valence-corrected chi connectivity index (χ4v) is 4.88. The summed E-state index contributed by atoms with van der Waals surface area (Å²) in [7, 11) is -3.61. The van der Waals surface area contributed by atoms with E-state index in [0.29, 0.717) is 37.0 Å². The number of ether oxygens (including phenoxy) is 1. The first-order chi connectivity index (χ1) is 14.8. The molecule has 0 unspecified atom stereocenters. The van der Waals surface area contributed by atoms with Gasteiger partial charge in [-0.25, -0.2) is 18.2 Å². The number of aromatic nitrogens is 1. The Kier molecular flexibility index (Phi) is 7.65. The van der Waals surface area contributed by atoms with Crippen molar-refractivity contribution in [3.8, 4) is 0 Å². The summed E-state index contributed by atoms with van der Waals surface area (Å²) in [6.07, 6.45) is 1.28. The van der Waals surface area contributed by atoms with E-state index >= 15 is 0 Å². The van der Waals surface area contributed by atoms with Crippen LogP contribution in [0, 0.1) is 13.8 Å². The number of amides is 3. The Balaban J connectivity index is 1.51. The maximum Gasteiger partial charge on any atom is 0.325 e. The molecule has 31 heavy (non-hydrogen) atoms. The predicted molar refractivity (Wildman–Crippen MR) is 118 cm³/mol. The summed E-state index contributed by atoms with van der Waals surface area (Å²) in [4.78, 5) is 28.3. The lowest BCUT2D eigenvalue weighted by atomic mass is 10.1. The maximum absolute atomic E-state index is 12.6. The second-order valence-electron chi connectivity index (χ2n) is 6.89. The lowest BCUT2D eigenvalue weighted by Gasteiger charge is -2.25. The predicted octanol–water partition coefficient (Wildman–Crippen LogP) is 2.16. The van der Waals surface area contributed by atoms with Gasteiger partial charge < -0.3 is 10.1 Å². The van der Waals surface area contributed by atoms with E-state index in [2.05, 4.69) is 15.6 Å². The van der Waals surface area contributed by atoms with E-state index in [-0.39, 0.29) is 10.6 Å². The van der Waals surface area contributed by atoms with Crippen LogP contribution in [0.3, 0.4) is 0 Å². The number of anilines is 1. The molecule has 0 aliphatic carbocycles. The van der Waals surface area contributed by atoms with E-state index in [0.717, 1.165) is 22.9 Å². The number of sulfonamides is 1. The lowest BCUT2D eigenvalue weighted by Crippen LogP contribution is -2.40. The maximum atomic E-state index is 12.6. The van der Waals surface area contributed by atoms with Crippen LogP contribution in [0.2, 0.25) is 0 Å². The molecule has 0 bridgehead atoms. The van der Waals surface area contributed by atoms with Crippen molar-refractivity contribution in [2.75, 3.05) is 37.4 Å². The van der Waals surface area contributed by atoms with Crippen molar-refractivity contribution < 1.29 is 22.7 Å². The van der Waals surface area contributed by atoms with Crippen molar-refractivity contribution in [2.24, 2.45) is 0 Å². The molecule has 11 heteroatoms. The molecular formula is C20H24N4O5S2. The van der Waals surface area contributed by atoms with Crippen LogP contribution in [0.5, 0.6) is 0 Å². The standard InChI is InChI=1S/C20H24N4O5S2/c1-14-4-3-5-17(15(14)2)22-20(26)23-18(25)13-30-19-7-6-16(12-21-19)31(27,28)24-8-10-29-11-9-24/h3-7,12H,8-11,13H2,1-2H3,(H2,22,23,25,26). The van der Waals surface area contributed by atoms with Crippen LogP contribution in [0.4, 0.5) is 10.5 Å². The number of nitrogens with one attached hydrogen (secondary N) is 2. The van der Waals surface area contributed by atoms with Gasteiger partial charge in [-0.1, -0.05) is 23.9 Å². The zero-order chi connectivity index (χ0) is 22.4. The van der Waals surface area contributed by atoms with Gasteiger partial charge in [-0.15, -0.1) is 0 Å². The van der Waals surface area contributed by atoms with E-state index in [4.69, 9.17) is 4.74 Å². The topological polar surface area (TPSA) is 118 Å². The molecule has 0 atom stereocenters. The molecule has 1 aliphatic heterocycles. The Morgan fingerprint density at radius 1 is 1.16 bits per heavy atom. The highest BCUT2D eigenvalue weighted by Gasteiger charge is 2.26. The fourth-order valence-electron chi connectivity index (χ4n) is 2.88. The monoisotopic (exact) mass is 464 g/mol. The summed E-state index contributed by atoms with van der Waals surface area (Å²) < 4.78 is 31.7. The number of imide groups is 1. The number of morpholine rings is 1. The van der Waals surface area contributed by atoms with E-state index in [1.165, 1.54) is 16.6 Å². The first-order valence-corrected chi connectivity index (χ1v) is 12.0. The summed E-state index contributed by atoms with van der Waals surface area (Å²) in [6, 6.07) is 7.92. The van der Waals surface area contributed by atoms with Crippen LogP contribution in [-0.2, 0) is 19.6 Å². The van der Waals surface area contributed by atoms with E-state index in [1.54, 1.807) is 12.1 Å². The van der Waals surface area contributed by atoms with Crippen molar-refractivity contribution in [2.45, 2.75) is 23.8 Å². The molecule has 0 radical (unpaired) electrons. The number of aryl methyl sites for hydroxylation is 1. The highest BCUT2D eigenvalue weighted by atomic mass is 32.2. The van der Waals surface area contributed by atoms with E-state index in [9.17, 15) is 18.0 Å². The summed E-state index contributed by atoms with van der Waals surface area (Å²) in [6.45, 7) is 5.17. The Hall–Kier alpha value is -2.47. The minimum Gasteiger partial charge on any atom is -0.379 e. The molecule has 166 valence electrons. The van der Waals surface area contributed by atoms with Crippen molar-refractivity contribution in [1.29, 1.82) is 0 Å². The van der Waals surface area contributed by atoms with Gasteiger partial charge in [-0.05, 0) is 43.2 Å². The third-order valence-corrected chi connectivity index (χ3v) is 7.60. The fraction of sp³-hybridized carbons (Fsp3) is 0.350. The number of carbonyl (C=O) groups is 2. The van der Waals surface area contributed by atoms with Gasteiger partial charge in [0.15, 0.2) is 0 Å². The van der Waals surface area contributed by atoms with Gasteiger partial charge in [0.25, 0.3) is 0 Å². The van der Waals surface area contributed by atoms with Gasteiger partial charge in [-0.2, -0.15) is 4.31 Å². The van der Waals surface area contributed by atoms with Crippen molar-refractivity contribution >= 4 is 39.4 Å². The van der Waals surface area contributed by atoms with E-state index in [1.807, 2.05) is 26.0 Å².